The van der Waals surface area contributed by atoms with Crippen LogP contribution in [0.3, 0.4) is 0 Å². The molecule has 0 N–H and O–H groups in total. The van der Waals surface area contributed by atoms with Crippen molar-refractivity contribution in [2.75, 3.05) is 39.8 Å². The number of ether oxygens (including phenoxy) is 1. The van der Waals surface area contributed by atoms with Gasteiger partial charge >= 0.3 is 0 Å². The number of rotatable bonds is 5. The van der Waals surface area contributed by atoms with Gasteiger partial charge in [0.15, 0.2) is 0 Å². The highest BCUT2D eigenvalue weighted by atomic mass is 16.5. The van der Waals surface area contributed by atoms with Gasteiger partial charge in [-0.15, -0.1) is 0 Å². The van der Waals surface area contributed by atoms with Crippen molar-refractivity contribution in [3.05, 3.63) is 65.2 Å². The Labute approximate surface area is 190 Å². The van der Waals surface area contributed by atoms with Crippen LogP contribution in [0.25, 0.3) is 0 Å². The van der Waals surface area contributed by atoms with Gasteiger partial charge in [-0.2, -0.15) is 0 Å². The summed E-state index contributed by atoms with van der Waals surface area (Å²) in [5, 5.41) is 0. The Kier molecular flexibility index (Phi) is 7.10. The van der Waals surface area contributed by atoms with Crippen molar-refractivity contribution < 1.29 is 14.3 Å². The minimum Gasteiger partial charge on any atom is -0.497 e. The number of hydrogen-bond acceptors (Lipinski definition) is 4. The Morgan fingerprint density at radius 3 is 2.34 bits per heavy atom. The van der Waals surface area contributed by atoms with Gasteiger partial charge in [-0.05, 0) is 55.3 Å². The molecule has 0 bridgehead atoms. The predicted molar refractivity (Wildman–Crippen MR) is 125 cm³/mol. The summed E-state index contributed by atoms with van der Waals surface area (Å²) < 4.78 is 5.27. The van der Waals surface area contributed by atoms with Gasteiger partial charge in [0, 0.05) is 38.7 Å². The molecule has 2 aliphatic heterocycles. The molecule has 2 heterocycles. The largest absolute Gasteiger partial charge is 0.497 e. The molecule has 2 amide bonds. The highest BCUT2D eigenvalue weighted by molar-refractivity contribution is 5.96. The van der Waals surface area contributed by atoms with E-state index in [1.165, 1.54) is 19.3 Å². The van der Waals surface area contributed by atoms with Gasteiger partial charge in [-0.1, -0.05) is 36.8 Å². The van der Waals surface area contributed by atoms with E-state index in [0.29, 0.717) is 19.6 Å². The number of likely N-dealkylation sites (tertiary alicyclic amines) is 1. The average molecular weight is 436 g/mol. The second-order valence-corrected chi connectivity index (χ2v) is 8.75. The number of carbonyl (C=O) groups is 2. The number of methoxy groups -OCH3 is 1. The number of benzene rings is 2. The minimum absolute atomic E-state index is 0.0309. The third kappa shape index (κ3) is 4.96. The second kappa shape index (κ2) is 10.2. The third-order valence-electron chi connectivity index (χ3n) is 6.66. The molecule has 2 fully saturated rings. The zero-order valence-electron chi connectivity index (χ0n) is 19.1. The first kappa shape index (κ1) is 22.3. The van der Waals surface area contributed by atoms with E-state index in [1.807, 2.05) is 52.3 Å². The van der Waals surface area contributed by atoms with Crippen LogP contribution in [0.1, 0.15) is 53.7 Å². The molecule has 170 valence electrons. The Hall–Kier alpha value is -2.86. The maximum atomic E-state index is 13.6. The fraction of sp³-hybridized carbons (Fsp3) is 0.462. The van der Waals surface area contributed by atoms with Crippen LogP contribution in [0, 0.1) is 0 Å². The number of nitrogens with zero attached hydrogens (tertiary/aromatic N) is 3. The molecule has 1 atom stereocenters. The summed E-state index contributed by atoms with van der Waals surface area (Å²) in [5.41, 5.74) is 2.89. The summed E-state index contributed by atoms with van der Waals surface area (Å²) in [4.78, 5) is 32.1. The van der Waals surface area contributed by atoms with E-state index >= 15 is 0 Å². The summed E-state index contributed by atoms with van der Waals surface area (Å²) in [5.74, 6) is 0.862. The smallest absolute Gasteiger partial charge is 0.254 e. The van der Waals surface area contributed by atoms with Crippen molar-refractivity contribution in [2.45, 2.75) is 38.8 Å². The Morgan fingerprint density at radius 1 is 0.938 bits per heavy atom. The van der Waals surface area contributed by atoms with E-state index in [0.717, 1.165) is 42.1 Å². The molecule has 0 spiro atoms. The molecule has 2 aromatic carbocycles. The summed E-state index contributed by atoms with van der Waals surface area (Å²) in [6, 6.07) is 15.6. The van der Waals surface area contributed by atoms with Gasteiger partial charge in [0.05, 0.1) is 13.2 Å². The normalized spacial score (nSPS) is 19.6. The first-order valence-corrected chi connectivity index (χ1v) is 11.6. The molecule has 4 rings (SSSR count). The van der Waals surface area contributed by atoms with Gasteiger partial charge < -0.3 is 14.5 Å². The lowest BCUT2D eigenvalue weighted by Crippen LogP contribution is -2.52. The van der Waals surface area contributed by atoms with Crippen LogP contribution in [0.15, 0.2) is 48.5 Å². The molecule has 0 aliphatic carbocycles. The summed E-state index contributed by atoms with van der Waals surface area (Å²) >= 11 is 0. The lowest BCUT2D eigenvalue weighted by atomic mass is 9.99. The van der Waals surface area contributed by atoms with Crippen LogP contribution in [0.4, 0.5) is 0 Å². The van der Waals surface area contributed by atoms with Crippen LogP contribution < -0.4 is 4.74 Å². The first-order chi connectivity index (χ1) is 15.6. The summed E-state index contributed by atoms with van der Waals surface area (Å²) in [6.45, 7) is 6.18. The highest BCUT2D eigenvalue weighted by Crippen LogP contribution is 2.28. The van der Waals surface area contributed by atoms with E-state index in [-0.39, 0.29) is 17.9 Å². The minimum atomic E-state index is -0.162. The molecule has 2 saturated heterocycles. The van der Waals surface area contributed by atoms with Crippen LogP contribution in [-0.4, -0.2) is 66.3 Å². The fourth-order valence-electron chi connectivity index (χ4n) is 4.85. The molecule has 6 nitrogen and oxygen atoms in total. The van der Waals surface area contributed by atoms with Gasteiger partial charge in [-0.3, -0.25) is 14.5 Å². The van der Waals surface area contributed by atoms with E-state index in [2.05, 4.69) is 11.0 Å². The molecule has 6 heteroatoms. The molecule has 32 heavy (non-hydrogen) atoms. The van der Waals surface area contributed by atoms with E-state index in [9.17, 15) is 9.59 Å². The molecular weight excluding hydrogens is 402 g/mol. The van der Waals surface area contributed by atoms with Crippen LogP contribution in [-0.2, 0) is 11.3 Å². The second-order valence-electron chi connectivity index (χ2n) is 8.75. The molecule has 0 unspecified atom stereocenters. The predicted octanol–water partition coefficient (Wildman–Crippen LogP) is 3.73. The van der Waals surface area contributed by atoms with Crippen molar-refractivity contribution in [1.82, 2.24) is 14.7 Å². The molecule has 2 aliphatic rings. The van der Waals surface area contributed by atoms with Crippen LogP contribution in [0.5, 0.6) is 5.75 Å². The van der Waals surface area contributed by atoms with Crippen LogP contribution in [0.2, 0.25) is 0 Å². The number of piperazine rings is 1. The Morgan fingerprint density at radius 2 is 1.66 bits per heavy atom. The van der Waals surface area contributed by atoms with E-state index < -0.39 is 0 Å². The molecule has 2 aromatic rings. The Balaban J connectivity index is 1.54. The van der Waals surface area contributed by atoms with Crippen molar-refractivity contribution in [1.29, 1.82) is 0 Å². The quantitative estimate of drug-likeness (QED) is 0.718. The van der Waals surface area contributed by atoms with Crippen LogP contribution >= 0.6 is 0 Å². The van der Waals surface area contributed by atoms with Gasteiger partial charge in [0.2, 0.25) is 5.91 Å². The molecular formula is C26H33N3O3. The average Bonchev–Trinajstić information content (AvgIpc) is 2.84. The number of amides is 2. The SMILES string of the molecule is COc1ccc([C@H]2CN(C(=O)c3ccccc3CN3CCCCC3)CCN2C(C)=O)cc1. The highest BCUT2D eigenvalue weighted by Gasteiger charge is 2.33. The van der Waals surface area contributed by atoms with Crippen molar-refractivity contribution in [2.24, 2.45) is 0 Å². The molecule has 0 saturated carbocycles. The zero-order chi connectivity index (χ0) is 22.5. The molecule has 0 aromatic heterocycles. The molecule has 0 radical (unpaired) electrons. The van der Waals surface area contributed by atoms with Gasteiger partial charge in [-0.25, -0.2) is 0 Å². The van der Waals surface area contributed by atoms with E-state index in [1.54, 1.807) is 14.0 Å². The maximum absolute atomic E-state index is 13.6. The first-order valence-electron chi connectivity index (χ1n) is 11.6. The summed E-state index contributed by atoms with van der Waals surface area (Å²) in [7, 11) is 1.64. The maximum Gasteiger partial charge on any atom is 0.254 e. The van der Waals surface area contributed by atoms with Gasteiger partial charge in [0.1, 0.15) is 5.75 Å². The number of carbonyl (C=O) groups excluding carboxylic acids is 2. The Bertz CT molecular complexity index is 938. The number of hydrogen-bond donors (Lipinski definition) is 0. The van der Waals surface area contributed by atoms with Crippen molar-refractivity contribution >= 4 is 11.8 Å². The monoisotopic (exact) mass is 435 g/mol. The lowest BCUT2D eigenvalue weighted by Gasteiger charge is -2.41. The van der Waals surface area contributed by atoms with Crippen molar-refractivity contribution in [3.8, 4) is 5.75 Å². The topological polar surface area (TPSA) is 53.1 Å². The van der Waals surface area contributed by atoms with Crippen molar-refractivity contribution in [3.63, 3.8) is 0 Å². The zero-order valence-corrected chi connectivity index (χ0v) is 19.1. The standard InChI is InChI=1S/C26H33N3O3/c1-20(30)29-17-16-28(19-25(29)21-10-12-23(32-2)13-11-21)26(31)24-9-5-4-8-22(24)18-27-14-6-3-7-15-27/h4-5,8-13,25H,3,6-7,14-19H2,1-2H3/t25-/m1/s1. The van der Waals surface area contributed by atoms with Gasteiger partial charge in [0.25, 0.3) is 5.91 Å². The van der Waals surface area contributed by atoms with E-state index in [4.69, 9.17) is 4.74 Å². The summed E-state index contributed by atoms with van der Waals surface area (Å²) in [6.07, 6.45) is 3.75. The third-order valence-corrected chi connectivity index (χ3v) is 6.66. The lowest BCUT2D eigenvalue weighted by molar-refractivity contribution is -0.133. The number of piperidine rings is 1. The fourth-order valence-corrected chi connectivity index (χ4v) is 4.85.